The number of thiophene rings is 1. The first-order valence-corrected chi connectivity index (χ1v) is 13.3. The number of carboxylic acid groups (broad SMARTS) is 2. The highest BCUT2D eigenvalue weighted by Crippen LogP contribution is 2.32. The van der Waals surface area contributed by atoms with Crippen molar-refractivity contribution >= 4 is 40.1 Å². The molecule has 0 spiro atoms. The molecule has 0 aromatic carbocycles. The first-order chi connectivity index (χ1) is 19.5. The summed E-state index contributed by atoms with van der Waals surface area (Å²) in [5.41, 5.74) is 3.33. The number of nitrogens with zero attached hydrogens (tertiary/aromatic N) is 5. The molecule has 0 bridgehead atoms. The number of hydrogen-bond donors (Lipinski definition) is 2. The van der Waals surface area contributed by atoms with Crippen molar-refractivity contribution in [2.75, 3.05) is 45.3 Å². The number of halogens is 6. The van der Waals surface area contributed by atoms with Crippen LogP contribution < -0.4 is 4.90 Å². The van der Waals surface area contributed by atoms with Gasteiger partial charge in [0.1, 0.15) is 5.52 Å². The molecule has 0 amide bonds. The van der Waals surface area contributed by atoms with E-state index in [0.29, 0.717) is 12.5 Å². The molecular weight excluding hydrogens is 596 g/mol. The second-order valence-electron chi connectivity index (χ2n) is 9.24. The predicted octanol–water partition coefficient (Wildman–Crippen LogP) is 4.76. The molecule has 3 aromatic rings. The Labute approximate surface area is 241 Å². The lowest BCUT2D eigenvalue weighted by Gasteiger charge is -2.32. The number of likely N-dealkylation sites (tertiary alicyclic amines) is 1. The molecule has 0 unspecified atom stereocenters. The summed E-state index contributed by atoms with van der Waals surface area (Å²) in [4.78, 5) is 33.6. The Morgan fingerprint density at radius 2 is 1.69 bits per heavy atom. The Morgan fingerprint density at radius 1 is 1.12 bits per heavy atom. The van der Waals surface area contributed by atoms with Crippen LogP contribution in [0.1, 0.15) is 29.3 Å². The van der Waals surface area contributed by atoms with Crippen molar-refractivity contribution in [1.82, 2.24) is 19.4 Å². The number of carbonyl (C=O) groups is 2. The maximum Gasteiger partial charge on any atom is 0.490 e. The number of carboxylic acids is 2. The van der Waals surface area contributed by atoms with E-state index in [1.165, 1.54) is 10.6 Å². The van der Waals surface area contributed by atoms with Crippen LogP contribution in [0.25, 0.3) is 11.0 Å². The van der Waals surface area contributed by atoms with Gasteiger partial charge in [-0.1, -0.05) is 6.07 Å². The maximum absolute atomic E-state index is 10.6. The van der Waals surface area contributed by atoms with Gasteiger partial charge in [-0.2, -0.15) is 26.3 Å². The lowest BCUT2D eigenvalue weighted by Crippen LogP contribution is -2.32. The van der Waals surface area contributed by atoms with Crippen LogP contribution in [0.5, 0.6) is 0 Å². The van der Waals surface area contributed by atoms with Crippen molar-refractivity contribution in [3.05, 3.63) is 40.5 Å². The number of aryl methyl sites for hydroxylation is 1. The molecule has 42 heavy (non-hydrogen) atoms. The topological polar surface area (TPSA) is 121 Å². The van der Waals surface area contributed by atoms with E-state index in [2.05, 4.69) is 57.0 Å². The SMILES string of the molecule is COCCN(C)c1nc(C2CCN(Cc3cccs3)CC2)cc2c1ncn2C.O=C(O)C(F)(F)F.O=C(O)C(F)(F)F. The first-order valence-electron chi connectivity index (χ1n) is 12.4. The third-order valence-electron chi connectivity index (χ3n) is 6.16. The van der Waals surface area contributed by atoms with Gasteiger partial charge in [0, 0.05) is 50.8 Å². The van der Waals surface area contributed by atoms with E-state index in [9.17, 15) is 26.3 Å². The number of likely N-dealkylation sites (N-methyl/N-ethyl adjacent to an activating group) is 1. The Morgan fingerprint density at radius 3 is 2.17 bits per heavy atom. The van der Waals surface area contributed by atoms with Crippen molar-refractivity contribution in [1.29, 1.82) is 0 Å². The average Bonchev–Trinajstić information content (AvgIpc) is 3.56. The molecule has 3 aromatic heterocycles. The number of rotatable bonds is 7. The molecule has 0 atom stereocenters. The molecule has 4 rings (SSSR count). The van der Waals surface area contributed by atoms with Crippen molar-refractivity contribution in [3.63, 3.8) is 0 Å². The zero-order valence-electron chi connectivity index (χ0n) is 22.9. The monoisotopic (exact) mass is 627 g/mol. The summed E-state index contributed by atoms with van der Waals surface area (Å²) < 4.78 is 70.8. The van der Waals surface area contributed by atoms with Gasteiger partial charge in [-0.25, -0.2) is 19.6 Å². The third-order valence-corrected chi connectivity index (χ3v) is 7.02. The van der Waals surface area contributed by atoms with E-state index in [1.807, 2.05) is 17.7 Å². The summed E-state index contributed by atoms with van der Waals surface area (Å²) in [6.45, 7) is 4.81. The van der Waals surface area contributed by atoms with Crippen LogP contribution in [0.3, 0.4) is 0 Å². The van der Waals surface area contributed by atoms with E-state index in [-0.39, 0.29) is 0 Å². The average molecular weight is 628 g/mol. The number of alkyl halides is 6. The summed E-state index contributed by atoms with van der Waals surface area (Å²) in [6.07, 6.45) is -5.97. The molecule has 4 heterocycles. The first kappa shape index (κ1) is 34.8. The number of fused-ring (bicyclic) bond motifs is 1. The smallest absolute Gasteiger partial charge is 0.475 e. The highest BCUT2D eigenvalue weighted by Gasteiger charge is 2.38. The molecule has 0 aliphatic carbocycles. The number of aromatic nitrogens is 3. The van der Waals surface area contributed by atoms with Crippen LogP contribution in [0.15, 0.2) is 29.9 Å². The molecule has 10 nitrogen and oxygen atoms in total. The minimum absolute atomic E-state index is 0.508. The molecule has 17 heteroatoms. The minimum atomic E-state index is -5.08. The lowest BCUT2D eigenvalue weighted by atomic mass is 9.92. The number of ether oxygens (including phenoxy) is 1. The van der Waals surface area contributed by atoms with Crippen molar-refractivity contribution < 1.29 is 50.9 Å². The van der Waals surface area contributed by atoms with Crippen molar-refractivity contribution in [3.8, 4) is 0 Å². The number of imidazole rings is 1. The molecule has 0 radical (unpaired) electrons. The number of methoxy groups -OCH3 is 1. The van der Waals surface area contributed by atoms with Crippen molar-refractivity contribution in [2.24, 2.45) is 7.05 Å². The zero-order valence-corrected chi connectivity index (χ0v) is 23.8. The van der Waals surface area contributed by atoms with Gasteiger partial charge in [-0.3, -0.25) is 4.90 Å². The summed E-state index contributed by atoms with van der Waals surface area (Å²) >= 11 is 1.85. The molecule has 1 aliphatic rings. The fourth-order valence-electron chi connectivity index (χ4n) is 3.95. The summed E-state index contributed by atoms with van der Waals surface area (Å²) in [7, 11) is 5.86. The standard InChI is InChI=1S/C21H29N5OS.2C2HF3O2/c1-24(10-11-27-3)21-20-19(25(2)15-22-20)13-18(23-21)16-6-8-26(9-7-16)14-17-5-4-12-28-17;2*3-2(4,5)1(6)7/h4-5,12-13,15-16H,6-11,14H2,1-3H3;2*(H,6,7). The Hall–Kier alpha value is -3.44. The number of hydrogen-bond acceptors (Lipinski definition) is 8. The Kier molecular flexibility index (Phi) is 12.5. The van der Waals surface area contributed by atoms with Gasteiger partial charge in [-0.05, 0) is 43.4 Å². The summed E-state index contributed by atoms with van der Waals surface area (Å²) in [5.74, 6) is -4.04. The molecule has 0 saturated carbocycles. The van der Waals surface area contributed by atoms with Gasteiger partial charge in [0.15, 0.2) is 5.82 Å². The fraction of sp³-hybridized carbons (Fsp3) is 0.520. The largest absolute Gasteiger partial charge is 0.490 e. The summed E-state index contributed by atoms with van der Waals surface area (Å²) in [6, 6.07) is 6.62. The van der Waals surface area contributed by atoms with Crippen LogP contribution in [0.4, 0.5) is 32.2 Å². The van der Waals surface area contributed by atoms with Crippen LogP contribution >= 0.6 is 11.3 Å². The predicted molar refractivity (Wildman–Crippen MR) is 143 cm³/mol. The number of piperidine rings is 1. The highest BCUT2D eigenvalue weighted by atomic mass is 32.1. The molecule has 1 aliphatic heterocycles. The van der Waals surface area contributed by atoms with Gasteiger partial charge in [-0.15, -0.1) is 11.3 Å². The van der Waals surface area contributed by atoms with Gasteiger partial charge >= 0.3 is 24.3 Å². The molecular formula is C25H31F6N5O5S. The normalized spacial score (nSPS) is 14.5. The maximum atomic E-state index is 10.6. The third kappa shape index (κ3) is 10.4. The second-order valence-corrected chi connectivity index (χ2v) is 10.3. The van der Waals surface area contributed by atoms with Crippen LogP contribution in [0, 0.1) is 0 Å². The highest BCUT2D eigenvalue weighted by molar-refractivity contribution is 7.09. The van der Waals surface area contributed by atoms with Gasteiger partial charge in [0.05, 0.1) is 18.5 Å². The summed E-state index contributed by atoms with van der Waals surface area (Å²) in [5, 5.41) is 16.4. The Balaban J connectivity index is 0.000000367. The molecule has 234 valence electrons. The number of pyridine rings is 1. The van der Waals surface area contributed by atoms with Crippen LogP contribution in [-0.4, -0.2) is 94.3 Å². The van der Waals surface area contributed by atoms with Gasteiger partial charge < -0.3 is 24.4 Å². The van der Waals surface area contributed by atoms with E-state index in [4.69, 9.17) is 29.5 Å². The molecule has 1 fully saturated rings. The fourth-order valence-corrected chi connectivity index (χ4v) is 4.70. The minimum Gasteiger partial charge on any atom is -0.475 e. The molecule has 1 saturated heterocycles. The molecule has 2 N–H and O–H groups in total. The van der Waals surface area contributed by atoms with Crippen molar-refractivity contribution in [2.45, 2.75) is 37.7 Å². The van der Waals surface area contributed by atoms with Gasteiger partial charge in [0.2, 0.25) is 0 Å². The second kappa shape index (κ2) is 15.2. The van der Waals surface area contributed by atoms with E-state index >= 15 is 0 Å². The van der Waals surface area contributed by atoms with E-state index in [1.54, 1.807) is 7.11 Å². The van der Waals surface area contributed by atoms with E-state index in [0.717, 1.165) is 55.9 Å². The zero-order chi connectivity index (χ0) is 31.7. The quantitative estimate of drug-likeness (QED) is 0.357. The van der Waals surface area contributed by atoms with E-state index < -0.39 is 24.3 Å². The van der Waals surface area contributed by atoms with Crippen LogP contribution in [0.2, 0.25) is 0 Å². The number of anilines is 1. The van der Waals surface area contributed by atoms with Crippen LogP contribution in [-0.2, 0) is 27.9 Å². The van der Waals surface area contributed by atoms with Gasteiger partial charge in [0.25, 0.3) is 0 Å². The number of aliphatic carboxylic acids is 2. The lowest BCUT2D eigenvalue weighted by molar-refractivity contribution is -0.193. The Bertz CT molecular complexity index is 1270.